The van der Waals surface area contributed by atoms with Gasteiger partial charge < -0.3 is 20.3 Å². The lowest BCUT2D eigenvalue weighted by Gasteiger charge is -2.21. The van der Waals surface area contributed by atoms with Crippen LogP contribution < -0.4 is 19.7 Å². The second-order valence-corrected chi connectivity index (χ2v) is 8.87. The van der Waals surface area contributed by atoms with Crippen LogP contribution in [0.4, 0.5) is 5.69 Å². The van der Waals surface area contributed by atoms with Crippen molar-refractivity contribution >= 4 is 34.3 Å². The molecule has 0 bridgehead atoms. The topological polar surface area (TPSA) is 68.4 Å². The van der Waals surface area contributed by atoms with Gasteiger partial charge in [-0.15, -0.1) is 0 Å². The lowest BCUT2D eigenvalue weighted by Crippen LogP contribution is -2.40. The van der Waals surface area contributed by atoms with Crippen molar-refractivity contribution < 1.29 is 19.5 Å². The van der Waals surface area contributed by atoms with Gasteiger partial charge in [0, 0.05) is 17.3 Å². The standard InChI is InChI=1S/C26H28N2O3S/c1-26(2,3)20-9-7-19(8-10-20)24(30)23(28-15-5-6-18(16-28)17-29)25(32)27-21-11-13-22(31-4)14-12-21/h5-16,29H,17H2,1-4H3,(H-,27,30,32). The Morgan fingerprint density at radius 3 is 2.28 bits per heavy atom. The van der Waals surface area contributed by atoms with E-state index < -0.39 is 0 Å². The number of benzene rings is 2. The zero-order valence-electron chi connectivity index (χ0n) is 18.8. The Bertz CT molecular complexity index is 1120. The Kier molecular flexibility index (Phi) is 7.28. The molecule has 1 heterocycles. The predicted octanol–water partition coefficient (Wildman–Crippen LogP) is 3.90. The van der Waals surface area contributed by atoms with E-state index in [0.717, 1.165) is 17.0 Å². The second kappa shape index (κ2) is 9.94. The average molecular weight is 449 g/mol. The summed E-state index contributed by atoms with van der Waals surface area (Å²) in [5.41, 5.74) is 3.38. The van der Waals surface area contributed by atoms with Gasteiger partial charge in [0.15, 0.2) is 17.4 Å². The van der Waals surface area contributed by atoms with Crippen molar-refractivity contribution in [2.75, 3.05) is 12.4 Å². The van der Waals surface area contributed by atoms with E-state index in [1.165, 1.54) is 0 Å². The molecule has 32 heavy (non-hydrogen) atoms. The van der Waals surface area contributed by atoms with Crippen LogP contribution in [-0.4, -0.2) is 17.2 Å². The smallest absolute Gasteiger partial charge is 0.238 e. The summed E-state index contributed by atoms with van der Waals surface area (Å²) < 4.78 is 6.86. The predicted molar refractivity (Wildman–Crippen MR) is 130 cm³/mol. The Morgan fingerprint density at radius 1 is 1.06 bits per heavy atom. The van der Waals surface area contributed by atoms with Gasteiger partial charge in [-0.3, -0.25) is 0 Å². The number of thiocarbonyl (C=S) groups is 1. The SMILES string of the molecule is COc1ccc(NC(=S)/C(=C(\[O-])c2ccc(C(C)(C)C)cc2)[n+]2cccc(CO)c2)cc1. The molecule has 0 amide bonds. The van der Waals surface area contributed by atoms with Crippen molar-refractivity contribution in [2.24, 2.45) is 0 Å². The molecule has 0 fully saturated rings. The number of aromatic nitrogens is 1. The first-order chi connectivity index (χ1) is 15.2. The summed E-state index contributed by atoms with van der Waals surface area (Å²) in [5.74, 6) is 0.516. The second-order valence-electron chi connectivity index (χ2n) is 8.47. The minimum atomic E-state index is -0.212. The monoisotopic (exact) mass is 448 g/mol. The quantitative estimate of drug-likeness (QED) is 0.259. The Hall–Kier alpha value is -3.22. The van der Waals surface area contributed by atoms with Crippen molar-refractivity contribution in [3.63, 3.8) is 0 Å². The number of anilines is 1. The molecule has 3 rings (SSSR count). The molecular formula is C26H28N2O3S. The molecule has 0 saturated carbocycles. The highest BCUT2D eigenvalue weighted by atomic mass is 32.1. The third kappa shape index (κ3) is 5.52. The zero-order chi connectivity index (χ0) is 23.3. The maximum absolute atomic E-state index is 13.6. The van der Waals surface area contributed by atoms with Crippen LogP contribution in [0.15, 0.2) is 73.1 Å². The van der Waals surface area contributed by atoms with Gasteiger partial charge in [0.1, 0.15) is 5.75 Å². The lowest BCUT2D eigenvalue weighted by molar-refractivity contribution is -0.578. The van der Waals surface area contributed by atoms with Crippen LogP contribution >= 0.6 is 12.2 Å². The summed E-state index contributed by atoms with van der Waals surface area (Å²) in [6, 6.07) is 18.5. The highest BCUT2D eigenvalue weighted by Gasteiger charge is 2.20. The molecule has 0 aliphatic heterocycles. The average Bonchev–Trinajstić information content (AvgIpc) is 2.79. The maximum Gasteiger partial charge on any atom is 0.238 e. The van der Waals surface area contributed by atoms with Crippen LogP contribution in [-0.2, 0) is 12.0 Å². The number of hydrogen-bond acceptors (Lipinski definition) is 4. The van der Waals surface area contributed by atoms with Gasteiger partial charge in [0.2, 0.25) is 5.70 Å². The molecule has 5 nitrogen and oxygen atoms in total. The van der Waals surface area contributed by atoms with Gasteiger partial charge in [-0.1, -0.05) is 57.3 Å². The molecule has 2 N–H and O–H groups in total. The van der Waals surface area contributed by atoms with E-state index in [9.17, 15) is 10.2 Å². The van der Waals surface area contributed by atoms with Gasteiger partial charge >= 0.3 is 0 Å². The number of aliphatic hydroxyl groups excluding tert-OH is 1. The van der Waals surface area contributed by atoms with E-state index in [2.05, 4.69) is 26.1 Å². The Labute approximate surface area is 194 Å². The first-order valence-electron chi connectivity index (χ1n) is 10.3. The summed E-state index contributed by atoms with van der Waals surface area (Å²) in [7, 11) is 1.60. The molecule has 0 saturated heterocycles. The Morgan fingerprint density at radius 2 is 1.72 bits per heavy atom. The molecular weight excluding hydrogens is 420 g/mol. The number of pyridine rings is 1. The summed E-state index contributed by atoms with van der Waals surface area (Å²) >= 11 is 5.66. The van der Waals surface area contributed by atoms with Crippen LogP contribution in [0.1, 0.15) is 37.5 Å². The van der Waals surface area contributed by atoms with Gasteiger partial charge in [-0.05, 0) is 52.6 Å². The number of aliphatic hydroxyl groups is 1. The van der Waals surface area contributed by atoms with Crippen molar-refractivity contribution in [3.05, 3.63) is 89.7 Å². The van der Waals surface area contributed by atoms with Crippen LogP contribution in [0, 0.1) is 0 Å². The number of hydrogen-bond donors (Lipinski definition) is 2. The molecule has 0 aliphatic rings. The molecule has 2 aromatic carbocycles. The van der Waals surface area contributed by atoms with Crippen molar-refractivity contribution in [3.8, 4) is 5.75 Å². The molecule has 0 atom stereocenters. The number of nitrogens with zero attached hydrogens (tertiary/aromatic N) is 1. The van der Waals surface area contributed by atoms with Gasteiger partial charge in [0.05, 0.1) is 13.7 Å². The van der Waals surface area contributed by atoms with Crippen LogP contribution in [0.25, 0.3) is 11.5 Å². The first kappa shape index (κ1) is 23.4. The number of methoxy groups -OCH3 is 1. The van der Waals surface area contributed by atoms with E-state index in [-0.39, 0.29) is 22.8 Å². The molecule has 0 radical (unpaired) electrons. The number of nitrogens with one attached hydrogen (secondary N) is 1. The molecule has 0 unspecified atom stereocenters. The molecule has 0 aliphatic carbocycles. The molecule has 1 aromatic heterocycles. The molecule has 3 aromatic rings. The lowest BCUT2D eigenvalue weighted by atomic mass is 9.86. The van der Waals surface area contributed by atoms with Gasteiger partial charge in [-0.25, -0.2) is 0 Å². The van der Waals surface area contributed by atoms with Crippen LogP contribution in [0.2, 0.25) is 0 Å². The van der Waals surface area contributed by atoms with Crippen LogP contribution in [0.3, 0.4) is 0 Å². The highest BCUT2D eigenvalue weighted by Crippen LogP contribution is 2.25. The van der Waals surface area contributed by atoms with Crippen molar-refractivity contribution in [1.82, 2.24) is 0 Å². The summed E-state index contributed by atoms with van der Waals surface area (Å²) in [5, 5.41) is 26.3. The van der Waals surface area contributed by atoms with E-state index in [0.29, 0.717) is 16.8 Å². The molecule has 6 heteroatoms. The fourth-order valence-corrected chi connectivity index (χ4v) is 3.53. The molecule has 0 spiro atoms. The first-order valence-corrected chi connectivity index (χ1v) is 10.7. The van der Waals surface area contributed by atoms with Crippen molar-refractivity contribution in [2.45, 2.75) is 32.8 Å². The fourth-order valence-electron chi connectivity index (χ4n) is 3.22. The summed E-state index contributed by atoms with van der Waals surface area (Å²) in [6.07, 6.45) is 3.46. The van der Waals surface area contributed by atoms with Gasteiger partial charge in [-0.2, -0.15) is 4.57 Å². The van der Waals surface area contributed by atoms with E-state index in [4.69, 9.17) is 17.0 Å². The summed E-state index contributed by atoms with van der Waals surface area (Å²) in [6.45, 7) is 6.25. The Balaban J connectivity index is 2.05. The minimum absolute atomic E-state index is 0.0104. The van der Waals surface area contributed by atoms with E-state index in [1.807, 2.05) is 48.5 Å². The third-order valence-electron chi connectivity index (χ3n) is 5.09. The maximum atomic E-state index is 13.6. The van der Waals surface area contributed by atoms with Crippen LogP contribution in [0.5, 0.6) is 5.75 Å². The van der Waals surface area contributed by atoms with Crippen molar-refractivity contribution in [1.29, 1.82) is 0 Å². The fraction of sp³-hybridized carbons (Fsp3) is 0.231. The highest BCUT2D eigenvalue weighted by molar-refractivity contribution is 7.81. The number of rotatable bonds is 6. The minimum Gasteiger partial charge on any atom is -0.867 e. The van der Waals surface area contributed by atoms with Gasteiger partial charge in [0.25, 0.3) is 0 Å². The third-order valence-corrected chi connectivity index (χ3v) is 5.39. The zero-order valence-corrected chi connectivity index (χ0v) is 19.6. The molecule has 166 valence electrons. The van der Waals surface area contributed by atoms with E-state index in [1.54, 1.807) is 36.2 Å². The normalized spacial score (nSPS) is 12.2. The summed E-state index contributed by atoms with van der Waals surface area (Å²) in [4.78, 5) is 0.278. The van der Waals surface area contributed by atoms with E-state index >= 15 is 0 Å². The number of ether oxygens (including phenoxy) is 1. The largest absolute Gasteiger partial charge is 0.867 e.